The van der Waals surface area contributed by atoms with Crippen molar-refractivity contribution in [3.63, 3.8) is 0 Å². The third kappa shape index (κ3) is 9.40. The largest absolute Gasteiger partial charge is 0.480 e. The first kappa shape index (κ1) is 25.3. The van der Waals surface area contributed by atoms with Crippen LogP contribution in [0.3, 0.4) is 0 Å². The second kappa shape index (κ2) is 13.5. The molecule has 10 heteroatoms. The van der Waals surface area contributed by atoms with Gasteiger partial charge in [0.25, 0.3) is 0 Å². The molecule has 0 unspecified atom stereocenters. The Labute approximate surface area is 190 Å². The van der Waals surface area contributed by atoms with Crippen LogP contribution >= 0.6 is 0 Å². The minimum Gasteiger partial charge on any atom is -0.480 e. The molecule has 33 heavy (non-hydrogen) atoms. The molecule has 2 aromatic carbocycles. The van der Waals surface area contributed by atoms with E-state index >= 15 is 0 Å². The average Bonchev–Trinajstić information content (AvgIpc) is 2.83. The lowest BCUT2D eigenvalue weighted by atomic mass is 10.1. The van der Waals surface area contributed by atoms with E-state index < -0.39 is 42.6 Å². The summed E-state index contributed by atoms with van der Waals surface area (Å²) in [6.07, 6.45) is -1.31. The molecule has 4 N–H and O–H groups in total. The number of carboxylic acids is 1. The molecule has 0 saturated carbocycles. The molecule has 0 fully saturated rings. The SMILES string of the molecule is O=C(CC[C@H](NC(=O)OCc1ccccc1)C(=O)N[C@@H](CO)C(=O)O)OCc1ccccc1. The number of nitrogens with one attached hydrogen (secondary N) is 2. The van der Waals surface area contributed by atoms with E-state index in [0.29, 0.717) is 0 Å². The van der Waals surface area contributed by atoms with E-state index in [0.717, 1.165) is 11.1 Å². The maximum Gasteiger partial charge on any atom is 0.408 e. The Morgan fingerprint density at radius 2 is 1.33 bits per heavy atom. The van der Waals surface area contributed by atoms with Crippen LogP contribution in [0.1, 0.15) is 24.0 Å². The van der Waals surface area contributed by atoms with E-state index in [1.165, 1.54) is 0 Å². The molecular formula is C23H26N2O8. The molecule has 0 radical (unpaired) electrons. The summed E-state index contributed by atoms with van der Waals surface area (Å²) in [7, 11) is 0. The van der Waals surface area contributed by atoms with E-state index in [2.05, 4.69) is 10.6 Å². The highest BCUT2D eigenvalue weighted by Gasteiger charge is 2.27. The Balaban J connectivity index is 1.93. The van der Waals surface area contributed by atoms with Gasteiger partial charge in [-0.1, -0.05) is 60.7 Å². The van der Waals surface area contributed by atoms with Crippen LogP contribution in [0, 0.1) is 0 Å². The molecule has 2 amide bonds. The number of aliphatic hydroxyl groups excluding tert-OH is 1. The fraction of sp³-hybridized carbons (Fsp3) is 0.304. The van der Waals surface area contributed by atoms with Crippen molar-refractivity contribution in [2.75, 3.05) is 6.61 Å². The molecule has 0 aliphatic heterocycles. The van der Waals surface area contributed by atoms with Gasteiger partial charge < -0.3 is 30.3 Å². The average molecular weight is 458 g/mol. The van der Waals surface area contributed by atoms with Crippen molar-refractivity contribution in [3.05, 3.63) is 71.8 Å². The van der Waals surface area contributed by atoms with Crippen molar-refractivity contribution >= 4 is 23.9 Å². The van der Waals surface area contributed by atoms with E-state index in [9.17, 15) is 19.2 Å². The molecule has 2 atom stereocenters. The molecule has 0 heterocycles. The van der Waals surface area contributed by atoms with Gasteiger partial charge in [0.05, 0.1) is 6.61 Å². The van der Waals surface area contributed by atoms with Gasteiger partial charge in [-0.15, -0.1) is 0 Å². The van der Waals surface area contributed by atoms with E-state index in [4.69, 9.17) is 19.7 Å². The smallest absolute Gasteiger partial charge is 0.408 e. The van der Waals surface area contributed by atoms with Crippen molar-refractivity contribution in [1.82, 2.24) is 10.6 Å². The minimum atomic E-state index is -1.56. The van der Waals surface area contributed by atoms with Gasteiger partial charge in [-0.3, -0.25) is 9.59 Å². The van der Waals surface area contributed by atoms with Crippen LogP contribution in [0.5, 0.6) is 0 Å². The number of esters is 1. The van der Waals surface area contributed by atoms with Gasteiger partial charge in [-0.2, -0.15) is 0 Å². The standard InChI is InChI=1S/C23H26N2O8/c26-13-19(22(29)30)24-21(28)18(25-23(31)33-15-17-9-5-2-6-10-17)11-12-20(27)32-14-16-7-3-1-4-8-16/h1-10,18-19,26H,11-15H2,(H,24,28)(H,25,31)(H,29,30)/t18-,19-/m0/s1. The molecule has 2 aromatic rings. The summed E-state index contributed by atoms with van der Waals surface area (Å²) in [5.41, 5.74) is 1.51. The predicted molar refractivity (Wildman–Crippen MR) is 116 cm³/mol. The zero-order valence-corrected chi connectivity index (χ0v) is 17.8. The molecule has 0 saturated heterocycles. The molecule has 0 aliphatic carbocycles. The van der Waals surface area contributed by atoms with Crippen LogP contribution in [0.2, 0.25) is 0 Å². The number of carbonyl (C=O) groups is 4. The summed E-state index contributed by atoms with van der Waals surface area (Å²) in [5.74, 6) is -2.93. The van der Waals surface area contributed by atoms with Gasteiger partial charge in [-0.25, -0.2) is 9.59 Å². The quantitative estimate of drug-likeness (QED) is 0.348. The van der Waals surface area contributed by atoms with Crippen LogP contribution in [-0.4, -0.2) is 52.8 Å². The van der Waals surface area contributed by atoms with Gasteiger partial charge in [0, 0.05) is 6.42 Å². The lowest BCUT2D eigenvalue weighted by Crippen LogP contribution is -2.52. The number of amides is 2. The molecular weight excluding hydrogens is 432 g/mol. The van der Waals surface area contributed by atoms with E-state index in [1.54, 1.807) is 54.6 Å². The van der Waals surface area contributed by atoms with Gasteiger partial charge in [0.2, 0.25) is 5.91 Å². The molecule has 176 valence electrons. The van der Waals surface area contributed by atoms with Crippen molar-refractivity contribution in [3.8, 4) is 0 Å². The second-order valence-electron chi connectivity index (χ2n) is 7.03. The Bertz CT molecular complexity index is 921. The Morgan fingerprint density at radius 1 is 0.788 bits per heavy atom. The van der Waals surface area contributed by atoms with Gasteiger partial charge in [0.1, 0.15) is 25.3 Å². The van der Waals surface area contributed by atoms with Crippen LogP contribution in [0.25, 0.3) is 0 Å². The van der Waals surface area contributed by atoms with Gasteiger partial charge >= 0.3 is 18.0 Å². The number of hydrogen-bond donors (Lipinski definition) is 4. The number of hydrogen-bond acceptors (Lipinski definition) is 7. The molecule has 0 spiro atoms. The first-order valence-electron chi connectivity index (χ1n) is 10.2. The highest BCUT2D eigenvalue weighted by Crippen LogP contribution is 2.06. The highest BCUT2D eigenvalue weighted by atomic mass is 16.5. The van der Waals surface area contributed by atoms with Crippen LogP contribution in [0.15, 0.2) is 60.7 Å². The van der Waals surface area contributed by atoms with Crippen LogP contribution in [0.4, 0.5) is 4.79 Å². The number of aliphatic carboxylic acids is 1. The Morgan fingerprint density at radius 3 is 1.85 bits per heavy atom. The second-order valence-corrected chi connectivity index (χ2v) is 7.03. The third-order valence-electron chi connectivity index (χ3n) is 4.50. The summed E-state index contributed by atoms with van der Waals surface area (Å²) in [6, 6.07) is 15.0. The number of benzene rings is 2. The maximum atomic E-state index is 12.5. The summed E-state index contributed by atoms with van der Waals surface area (Å²) < 4.78 is 10.2. The van der Waals surface area contributed by atoms with Crippen LogP contribution < -0.4 is 10.6 Å². The molecule has 2 rings (SSSR count). The monoisotopic (exact) mass is 458 g/mol. The van der Waals surface area contributed by atoms with Crippen molar-refractivity contribution in [2.24, 2.45) is 0 Å². The van der Waals surface area contributed by atoms with Crippen LogP contribution in [-0.2, 0) is 37.1 Å². The van der Waals surface area contributed by atoms with Gasteiger partial charge in [0.15, 0.2) is 0 Å². The number of ether oxygens (including phenoxy) is 2. The van der Waals surface area contributed by atoms with Crippen molar-refractivity contribution < 1.29 is 38.9 Å². The topological polar surface area (TPSA) is 151 Å². The lowest BCUT2D eigenvalue weighted by Gasteiger charge is -2.20. The number of rotatable bonds is 12. The number of alkyl carbamates (subject to hydrolysis) is 1. The summed E-state index contributed by atoms with van der Waals surface area (Å²) in [6.45, 7) is -0.839. The van der Waals surface area contributed by atoms with Crippen molar-refractivity contribution in [1.29, 1.82) is 0 Å². The fourth-order valence-electron chi connectivity index (χ4n) is 2.71. The predicted octanol–water partition coefficient (Wildman–Crippen LogP) is 1.37. The number of carbonyl (C=O) groups excluding carboxylic acids is 3. The first-order valence-corrected chi connectivity index (χ1v) is 10.2. The summed E-state index contributed by atoms with van der Waals surface area (Å²) in [4.78, 5) is 47.9. The molecule has 0 aliphatic rings. The van der Waals surface area contributed by atoms with Crippen molar-refractivity contribution in [2.45, 2.75) is 38.1 Å². The molecule has 0 aromatic heterocycles. The Kier molecular flexibility index (Phi) is 10.4. The lowest BCUT2D eigenvalue weighted by molar-refractivity contribution is -0.146. The summed E-state index contributed by atoms with van der Waals surface area (Å²) in [5, 5.41) is 22.6. The van der Waals surface area contributed by atoms with E-state index in [-0.39, 0.29) is 26.1 Å². The number of carboxylic acid groups (broad SMARTS) is 1. The minimum absolute atomic E-state index is 0.0471. The zero-order chi connectivity index (χ0) is 24.1. The Hall–Kier alpha value is -3.92. The van der Waals surface area contributed by atoms with Gasteiger partial charge in [-0.05, 0) is 17.5 Å². The molecule has 10 nitrogen and oxygen atoms in total. The first-order chi connectivity index (χ1) is 15.9. The normalized spacial score (nSPS) is 12.2. The fourth-order valence-corrected chi connectivity index (χ4v) is 2.71. The summed E-state index contributed by atoms with van der Waals surface area (Å²) >= 11 is 0. The zero-order valence-electron chi connectivity index (χ0n) is 17.8. The third-order valence-corrected chi connectivity index (χ3v) is 4.50. The molecule has 0 bridgehead atoms. The van der Waals surface area contributed by atoms with E-state index in [1.807, 2.05) is 6.07 Å². The highest BCUT2D eigenvalue weighted by molar-refractivity contribution is 5.89. The number of aliphatic hydroxyl groups is 1. The maximum absolute atomic E-state index is 12.5.